The van der Waals surface area contributed by atoms with Crippen LogP contribution in [0.5, 0.6) is 0 Å². The molecule has 4 nitrogen and oxygen atoms in total. The quantitative estimate of drug-likeness (QED) is 0.609. The first-order valence-electron chi connectivity index (χ1n) is 6.60. The first-order chi connectivity index (χ1) is 8.28. The van der Waals surface area contributed by atoms with Crippen LogP contribution in [0.1, 0.15) is 47.5 Å². The van der Waals surface area contributed by atoms with Crippen LogP contribution in [0.4, 0.5) is 0 Å². The second-order valence-electron chi connectivity index (χ2n) is 5.55. The molecular formula is C13H26FmN2O2. The Morgan fingerprint density at radius 2 is 2.00 bits per heavy atom. The van der Waals surface area contributed by atoms with Crippen LogP contribution < -0.4 is 0 Å². The average Bonchev–Trinajstić information content (AvgIpc) is 2.47. The van der Waals surface area contributed by atoms with Crippen molar-refractivity contribution >= 4 is 5.91 Å². The van der Waals surface area contributed by atoms with E-state index in [1.54, 1.807) is 0 Å². The fourth-order valence-corrected chi connectivity index (χ4v) is 4.80. The van der Waals surface area contributed by atoms with E-state index in [-0.39, 0.29) is 17.9 Å². The number of rotatable bonds is 6. The number of carbonyl (C=O) groups is 1. The van der Waals surface area contributed by atoms with Gasteiger partial charge in [0.15, 0.2) is 0 Å². The predicted octanol–water partition coefficient (Wildman–Crippen LogP) is 2.06. The summed E-state index contributed by atoms with van der Waals surface area (Å²) in [6.45, 7) is 11.9. The summed E-state index contributed by atoms with van der Waals surface area (Å²) in [5, 5.41) is 12.0. The molecule has 112 valence electrons. The summed E-state index contributed by atoms with van der Waals surface area (Å²) in [7, 11) is 0. The van der Waals surface area contributed by atoms with Crippen molar-refractivity contribution in [3.8, 4) is 0 Å². The van der Waals surface area contributed by atoms with Crippen molar-refractivity contribution in [2.45, 2.75) is 66.0 Å². The molecule has 0 radical (unpaired) electrons. The van der Waals surface area contributed by atoms with Crippen LogP contribution in [-0.2, 0) is 4.79 Å². The number of aliphatic hydroxyl groups is 1. The molecule has 1 saturated heterocycles. The Hall–Kier alpha value is -1.61. The van der Waals surface area contributed by atoms with E-state index >= 15 is 0 Å². The third kappa shape index (κ3) is 3.20. The van der Waals surface area contributed by atoms with E-state index in [0.717, 1.165) is 19.9 Å². The summed E-state index contributed by atoms with van der Waals surface area (Å²) in [6, 6.07) is 0.265. The molecule has 0 saturated carbocycles. The van der Waals surface area contributed by atoms with E-state index < -0.39 is 5.60 Å². The maximum absolute atomic E-state index is 12.2. The van der Waals surface area contributed by atoms with Crippen molar-refractivity contribution in [2.75, 3.05) is 6.54 Å². The van der Waals surface area contributed by atoms with Gasteiger partial charge in [0.2, 0.25) is 0 Å². The maximum atomic E-state index is 12.2. The average molecular weight is 499 g/mol. The normalized spacial score (nSPS) is 25.7. The minimum atomic E-state index is -0.661. The second-order valence-corrected chi connectivity index (χ2v) is 8.53. The van der Waals surface area contributed by atoms with Crippen molar-refractivity contribution < 1.29 is 9.90 Å². The standard InChI is InChI=1S/C10H20N2O2.C3H7.Fm/c1-7-8(2)12(11-9(7)13)6-5-10(3,4)14;1-3-2;/h7-8,14H,5-6H2,1-4H3,(H,11,13);1,3H2,2H3;/q;;+1/p-1. The van der Waals surface area contributed by atoms with Gasteiger partial charge in [-0.3, -0.25) is 0 Å². The molecule has 0 aromatic carbocycles. The fourth-order valence-electron chi connectivity index (χ4n) is 1.78. The van der Waals surface area contributed by atoms with Crippen molar-refractivity contribution in [1.29, 1.82) is 0 Å². The predicted molar refractivity (Wildman–Crippen MR) is 68.2 cm³/mol. The first-order valence-corrected chi connectivity index (χ1v) is 9.37. The zero-order valence-corrected chi connectivity index (χ0v) is 14.4. The molecule has 5 heteroatoms. The molecule has 0 aromatic rings. The summed E-state index contributed by atoms with van der Waals surface area (Å²) in [5.41, 5.74) is 1.36. The van der Waals surface area contributed by atoms with Crippen LogP contribution in [0.2, 0.25) is 6.92 Å². The Bertz CT molecular complexity index is 291. The van der Waals surface area contributed by atoms with Crippen LogP contribution in [-0.4, -0.2) is 39.6 Å². The summed E-state index contributed by atoms with van der Waals surface area (Å²) in [6.07, 6.45) is 1.85. The number of hydrogen-bond acceptors (Lipinski definition) is 3. The molecular weight excluding hydrogens is 473 g/mol. The summed E-state index contributed by atoms with van der Waals surface area (Å²) in [5.74, 6) is 0.376. The van der Waals surface area contributed by atoms with Gasteiger partial charge in [0.05, 0.1) is 0 Å². The molecule has 1 fully saturated rings. The molecule has 2 atom stereocenters. The monoisotopic (exact) mass is 499 g/mol. The zero-order chi connectivity index (χ0) is 13.9. The third-order valence-electron chi connectivity index (χ3n) is 3.20. The van der Waals surface area contributed by atoms with Gasteiger partial charge in [-0.1, -0.05) is 0 Å². The van der Waals surface area contributed by atoms with Crippen molar-refractivity contribution in [3.63, 3.8) is 0 Å². The molecule has 1 aliphatic rings. The molecule has 1 N–H and O–H groups in total. The van der Waals surface area contributed by atoms with Gasteiger partial charge < -0.3 is 0 Å². The van der Waals surface area contributed by atoms with E-state index in [1.807, 2.05) is 26.2 Å². The molecule has 0 aliphatic carbocycles. The Labute approximate surface area is 105 Å². The molecule has 1 heterocycles. The van der Waals surface area contributed by atoms with Crippen LogP contribution in [0.15, 0.2) is 0 Å². The summed E-state index contributed by atoms with van der Waals surface area (Å²) in [4.78, 5) is 12.2. The van der Waals surface area contributed by atoms with Crippen molar-refractivity contribution in [2.24, 2.45) is 5.92 Å². The Kier molecular flexibility index (Phi) is 4.30. The van der Waals surface area contributed by atoms with Crippen LogP contribution in [0, 0.1) is 5.92 Å². The summed E-state index contributed by atoms with van der Waals surface area (Å²) >= 11 is 0. The van der Waals surface area contributed by atoms with Gasteiger partial charge in [0, 0.05) is 0 Å². The van der Waals surface area contributed by atoms with Gasteiger partial charge in [0.1, 0.15) is 0 Å². The van der Waals surface area contributed by atoms with Gasteiger partial charge in [-0.25, -0.2) is 0 Å². The third-order valence-corrected chi connectivity index (χ3v) is 6.80. The van der Waals surface area contributed by atoms with Crippen LogP contribution >= 0.6 is 0 Å². The van der Waals surface area contributed by atoms with Crippen molar-refractivity contribution in [3.05, 3.63) is 0 Å². The molecule has 0 bridgehead atoms. The van der Waals surface area contributed by atoms with E-state index in [4.69, 9.17) is 0 Å². The number of amides is 1. The van der Waals surface area contributed by atoms with E-state index in [2.05, 4.69) is 18.9 Å². The number of carbonyl (C=O) groups excluding carboxylic acids is 1. The molecule has 1 rings (SSSR count). The zero-order valence-electron chi connectivity index (χ0n) is 12.0. The van der Waals surface area contributed by atoms with Gasteiger partial charge in [-0.05, 0) is 0 Å². The topological polar surface area (TPSA) is 43.8 Å². The molecule has 1 aliphatic heterocycles. The van der Waals surface area contributed by atoms with Gasteiger partial charge in [-0.2, -0.15) is 0 Å². The molecule has 18 heavy (non-hydrogen) atoms. The summed E-state index contributed by atoms with van der Waals surface area (Å²) < 4.78 is -0.400. The van der Waals surface area contributed by atoms with Crippen LogP contribution in [0.3, 0.4) is 0 Å². The Morgan fingerprint density at radius 1 is 1.39 bits per heavy atom. The minimum absolute atomic E-state index is 0.0908. The first kappa shape index (κ1) is 14.5. The van der Waals surface area contributed by atoms with E-state index in [1.165, 1.54) is 0 Å². The molecule has 0 spiro atoms. The fraction of sp³-hybridized carbons (Fsp3) is 0.923. The van der Waals surface area contributed by atoms with E-state index in [0.29, 0.717) is 6.42 Å². The van der Waals surface area contributed by atoms with Crippen molar-refractivity contribution in [1.82, 2.24) is 10.4 Å². The SMILES string of the molecule is CC[CH2][Fm][N]1C(=O)C(C)C(C)N1CCC(C)(C)O. The molecule has 0 aromatic heterocycles. The van der Waals surface area contributed by atoms with E-state index in [9.17, 15) is 9.90 Å². The Balaban J connectivity index is 2.68. The Morgan fingerprint density at radius 3 is 2.50 bits per heavy atom. The number of hydrogen-bond donors (Lipinski definition) is 1. The van der Waals surface area contributed by atoms with Gasteiger partial charge >= 0.3 is 105 Å². The number of hydrazine groups is 1. The molecule has 2 unspecified atom stereocenters. The van der Waals surface area contributed by atoms with Crippen LogP contribution in [0.25, 0.3) is 0 Å². The number of nitrogens with zero attached hydrogens (tertiary/aromatic N) is 2. The van der Waals surface area contributed by atoms with Gasteiger partial charge in [0.25, 0.3) is 0 Å². The molecule has 1 amide bonds. The second kappa shape index (κ2) is 5.36. The van der Waals surface area contributed by atoms with Gasteiger partial charge in [-0.15, -0.1) is 0 Å².